The lowest BCUT2D eigenvalue weighted by molar-refractivity contribution is 0.0329. The highest BCUT2D eigenvalue weighted by Crippen LogP contribution is 2.23. The Balaban J connectivity index is 2.41. The quantitative estimate of drug-likeness (QED) is 0.872. The van der Waals surface area contributed by atoms with Gasteiger partial charge in [-0.1, -0.05) is 17.7 Å². The predicted molar refractivity (Wildman–Crippen MR) is 63.9 cm³/mol. The van der Waals surface area contributed by atoms with E-state index in [0.717, 1.165) is 10.0 Å². The van der Waals surface area contributed by atoms with Gasteiger partial charge in [0.1, 0.15) is 0 Å². The molecule has 1 atom stereocenters. The highest BCUT2D eigenvalue weighted by atomic mass is 79.9. The molecule has 3 N–H and O–H groups in total. The minimum atomic E-state index is -0.601. The maximum Gasteiger partial charge on any atom is 0.0895 e. The average molecular weight is 295 g/mol. The second-order valence-electron chi connectivity index (χ2n) is 3.15. The van der Waals surface area contributed by atoms with E-state index in [4.69, 9.17) is 27.2 Å². The van der Waals surface area contributed by atoms with Crippen molar-refractivity contribution in [1.82, 2.24) is 0 Å². The van der Waals surface area contributed by atoms with Crippen LogP contribution in [0.4, 0.5) is 0 Å². The van der Waals surface area contributed by atoms with Gasteiger partial charge in [0.2, 0.25) is 0 Å². The number of nitrogens with two attached hydrogens (primary N) is 1. The van der Waals surface area contributed by atoms with Crippen molar-refractivity contribution in [3.05, 3.63) is 33.3 Å². The fourth-order valence-electron chi connectivity index (χ4n) is 1.01. The van der Waals surface area contributed by atoms with E-state index in [0.29, 0.717) is 11.6 Å². The Labute approximate surface area is 102 Å². The summed E-state index contributed by atoms with van der Waals surface area (Å²) < 4.78 is 6.12. The van der Waals surface area contributed by atoms with Crippen molar-refractivity contribution in [3.8, 4) is 0 Å². The van der Waals surface area contributed by atoms with E-state index in [1.54, 1.807) is 0 Å². The van der Waals surface area contributed by atoms with Crippen molar-refractivity contribution in [2.75, 3.05) is 13.2 Å². The topological polar surface area (TPSA) is 55.5 Å². The van der Waals surface area contributed by atoms with E-state index in [2.05, 4.69) is 15.9 Å². The number of rotatable bonds is 5. The summed E-state index contributed by atoms with van der Waals surface area (Å²) in [5, 5.41) is 9.80. The normalized spacial score (nSPS) is 12.8. The van der Waals surface area contributed by atoms with E-state index >= 15 is 0 Å². The fraction of sp³-hybridized carbons (Fsp3) is 0.400. The summed E-state index contributed by atoms with van der Waals surface area (Å²) in [4.78, 5) is 0. The van der Waals surface area contributed by atoms with Gasteiger partial charge >= 0.3 is 0 Å². The van der Waals surface area contributed by atoms with Crippen molar-refractivity contribution in [2.24, 2.45) is 5.73 Å². The summed E-state index contributed by atoms with van der Waals surface area (Å²) in [5.74, 6) is 0. The van der Waals surface area contributed by atoms with Gasteiger partial charge in [-0.2, -0.15) is 0 Å². The Morgan fingerprint density at radius 2 is 2.27 bits per heavy atom. The first-order valence-corrected chi connectivity index (χ1v) is 5.70. The van der Waals surface area contributed by atoms with Gasteiger partial charge in [-0.3, -0.25) is 0 Å². The van der Waals surface area contributed by atoms with Crippen LogP contribution in [-0.4, -0.2) is 24.4 Å². The average Bonchev–Trinajstić information content (AvgIpc) is 2.23. The van der Waals surface area contributed by atoms with Crippen LogP contribution in [0.1, 0.15) is 5.56 Å². The van der Waals surface area contributed by atoms with Crippen molar-refractivity contribution in [2.45, 2.75) is 12.7 Å². The zero-order valence-corrected chi connectivity index (χ0v) is 10.5. The van der Waals surface area contributed by atoms with Crippen LogP contribution < -0.4 is 5.73 Å². The first-order valence-electron chi connectivity index (χ1n) is 4.53. The molecule has 1 aromatic rings. The molecule has 1 rings (SSSR count). The van der Waals surface area contributed by atoms with Crippen LogP contribution in [0.25, 0.3) is 0 Å². The molecular formula is C10H13BrClNO2. The van der Waals surface area contributed by atoms with Gasteiger partial charge in [-0.15, -0.1) is 0 Å². The molecule has 0 heterocycles. The minimum Gasteiger partial charge on any atom is -0.389 e. The Morgan fingerprint density at radius 3 is 2.87 bits per heavy atom. The molecule has 0 saturated carbocycles. The Bertz CT molecular complexity index is 322. The number of hydrogen-bond acceptors (Lipinski definition) is 3. The Kier molecular flexibility index (Phi) is 5.56. The van der Waals surface area contributed by atoms with Gasteiger partial charge in [0.25, 0.3) is 0 Å². The number of ether oxygens (including phenoxy) is 1. The van der Waals surface area contributed by atoms with Gasteiger partial charge in [0.05, 0.1) is 24.3 Å². The largest absolute Gasteiger partial charge is 0.389 e. The zero-order valence-electron chi connectivity index (χ0n) is 8.12. The van der Waals surface area contributed by atoms with Crippen molar-refractivity contribution in [1.29, 1.82) is 0 Å². The summed E-state index contributed by atoms with van der Waals surface area (Å²) in [6, 6.07) is 5.59. The van der Waals surface area contributed by atoms with Crippen LogP contribution in [0, 0.1) is 0 Å². The molecule has 0 aliphatic carbocycles. The van der Waals surface area contributed by atoms with Crippen LogP contribution in [0.15, 0.2) is 22.7 Å². The van der Waals surface area contributed by atoms with Crippen LogP contribution in [0.3, 0.4) is 0 Å². The minimum absolute atomic E-state index is 0.209. The van der Waals surface area contributed by atoms with Gasteiger partial charge in [0, 0.05) is 11.0 Å². The first-order chi connectivity index (χ1) is 7.13. The molecule has 1 aromatic carbocycles. The van der Waals surface area contributed by atoms with Gasteiger partial charge in [0.15, 0.2) is 0 Å². The summed E-state index contributed by atoms with van der Waals surface area (Å²) >= 11 is 9.21. The van der Waals surface area contributed by atoms with Gasteiger partial charge < -0.3 is 15.6 Å². The lowest BCUT2D eigenvalue weighted by Crippen LogP contribution is -2.24. The summed E-state index contributed by atoms with van der Waals surface area (Å²) in [7, 11) is 0. The van der Waals surface area contributed by atoms with Crippen LogP contribution in [-0.2, 0) is 11.3 Å². The second-order valence-corrected chi connectivity index (χ2v) is 4.41. The molecule has 0 amide bonds. The number of hydrogen-bond donors (Lipinski definition) is 2. The predicted octanol–water partition coefficient (Wildman–Crippen LogP) is 1.94. The van der Waals surface area contributed by atoms with Gasteiger partial charge in [-0.05, 0) is 33.6 Å². The van der Waals surface area contributed by atoms with Gasteiger partial charge in [-0.25, -0.2) is 0 Å². The van der Waals surface area contributed by atoms with E-state index in [1.807, 2.05) is 18.2 Å². The third-order valence-corrected chi connectivity index (χ3v) is 3.07. The molecule has 0 fully saturated rings. The molecule has 0 spiro atoms. The Hall–Kier alpha value is -0.130. The van der Waals surface area contributed by atoms with E-state index in [9.17, 15) is 0 Å². The molecule has 0 aliphatic rings. The SMILES string of the molecule is NC[C@@H](O)COCc1ccc(Br)c(Cl)c1. The number of aliphatic hydroxyl groups is 1. The molecule has 84 valence electrons. The molecule has 15 heavy (non-hydrogen) atoms. The number of benzene rings is 1. The van der Waals surface area contributed by atoms with Crippen molar-refractivity contribution >= 4 is 27.5 Å². The van der Waals surface area contributed by atoms with E-state index in [-0.39, 0.29) is 13.2 Å². The summed E-state index contributed by atoms with van der Waals surface area (Å²) in [6.45, 7) is 0.870. The smallest absolute Gasteiger partial charge is 0.0895 e. The fourth-order valence-corrected chi connectivity index (χ4v) is 1.46. The lowest BCUT2D eigenvalue weighted by Gasteiger charge is -2.09. The van der Waals surface area contributed by atoms with Crippen molar-refractivity contribution < 1.29 is 9.84 Å². The molecule has 5 heteroatoms. The van der Waals surface area contributed by atoms with Crippen molar-refractivity contribution in [3.63, 3.8) is 0 Å². The van der Waals surface area contributed by atoms with Crippen LogP contribution in [0.2, 0.25) is 5.02 Å². The molecule has 0 aromatic heterocycles. The molecule has 0 bridgehead atoms. The van der Waals surface area contributed by atoms with Crippen LogP contribution >= 0.6 is 27.5 Å². The second kappa shape index (κ2) is 6.45. The Morgan fingerprint density at radius 1 is 1.53 bits per heavy atom. The third kappa shape index (κ3) is 4.49. The van der Waals surface area contributed by atoms with E-state index in [1.165, 1.54) is 0 Å². The molecule has 0 unspecified atom stereocenters. The highest BCUT2D eigenvalue weighted by molar-refractivity contribution is 9.10. The molecule has 0 aliphatic heterocycles. The first kappa shape index (κ1) is 12.9. The molecule has 3 nitrogen and oxygen atoms in total. The number of halogens is 2. The number of aliphatic hydroxyl groups excluding tert-OH is 1. The highest BCUT2D eigenvalue weighted by Gasteiger charge is 2.02. The maximum absolute atomic E-state index is 9.15. The summed E-state index contributed by atoms with van der Waals surface area (Å²) in [6.07, 6.45) is -0.601. The monoisotopic (exact) mass is 293 g/mol. The third-order valence-electron chi connectivity index (χ3n) is 1.84. The van der Waals surface area contributed by atoms with E-state index < -0.39 is 6.10 Å². The van der Waals surface area contributed by atoms with Crippen LogP contribution in [0.5, 0.6) is 0 Å². The standard InChI is InChI=1S/C10H13BrClNO2/c11-9-2-1-7(3-10(9)12)5-15-6-8(14)4-13/h1-3,8,14H,4-6,13H2/t8-/m1/s1. The summed E-state index contributed by atoms with van der Waals surface area (Å²) in [5.41, 5.74) is 6.20. The molecular weight excluding hydrogens is 281 g/mol. The zero-order chi connectivity index (χ0) is 11.3. The lowest BCUT2D eigenvalue weighted by atomic mass is 10.2. The molecule has 0 saturated heterocycles. The molecule has 0 radical (unpaired) electrons. The maximum atomic E-state index is 9.15.